The van der Waals surface area contributed by atoms with Crippen LogP contribution in [0.15, 0.2) is 71.8 Å². The van der Waals surface area contributed by atoms with Gasteiger partial charge in [-0.25, -0.2) is 9.97 Å². The molecule has 8 heterocycles. The van der Waals surface area contributed by atoms with Crippen LogP contribution in [0.25, 0.3) is 11.0 Å². The van der Waals surface area contributed by atoms with Crippen molar-refractivity contribution in [2.24, 2.45) is 0 Å². The third-order valence-electron chi connectivity index (χ3n) is 15.5. The number of aliphatic hydroxyl groups is 1. The fourth-order valence-corrected chi connectivity index (χ4v) is 11.9. The number of imide groups is 1. The van der Waals surface area contributed by atoms with Crippen molar-refractivity contribution < 1.29 is 24.3 Å². The first-order chi connectivity index (χ1) is 32.4. The van der Waals surface area contributed by atoms with E-state index < -0.39 is 17.6 Å². The number of carbonyl (C=O) groups excluding carboxylic acids is 4. The third-order valence-corrected chi connectivity index (χ3v) is 15.5. The van der Waals surface area contributed by atoms with E-state index in [2.05, 4.69) is 60.6 Å². The average molecular weight is 905 g/mol. The van der Waals surface area contributed by atoms with Gasteiger partial charge in [-0.2, -0.15) is 4.98 Å². The van der Waals surface area contributed by atoms with Crippen molar-refractivity contribution in [1.29, 1.82) is 0 Å². The first kappa shape index (κ1) is 43.1. The minimum atomic E-state index is -1.00. The third kappa shape index (κ3) is 7.82. The van der Waals surface area contributed by atoms with Crippen LogP contribution in [0.5, 0.6) is 0 Å². The maximum atomic E-state index is 13.7. The Morgan fingerprint density at radius 1 is 0.866 bits per heavy atom. The van der Waals surface area contributed by atoms with Gasteiger partial charge in [0.05, 0.1) is 23.0 Å². The minimum Gasteiger partial charge on any atom is -0.385 e. The number of nitrogens with zero attached hydrogens (tertiary/aromatic N) is 8. The lowest BCUT2D eigenvalue weighted by Gasteiger charge is -2.43. The molecule has 3 unspecified atom stereocenters. The van der Waals surface area contributed by atoms with Gasteiger partial charge in [0, 0.05) is 86.6 Å². The molecule has 0 radical (unpaired) electrons. The van der Waals surface area contributed by atoms with Crippen LogP contribution in [0.2, 0.25) is 0 Å². The van der Waals surface area contributed by atoms with Crippen molar-refractivity contribution in [1.82, 2.24) is 34.6 Å². The van der Waals surface area contributed by atoms with Crippen LogP contribution < -0.4 is 26.0 Å². The average Bonchev–Trinajstić information content (AvgIpc) is 4.03. The number of hydrogen-bond acceptors (Lipinski definition) is 13. The molecule has 5 aliphatic heterocycles. The van der Waals surface area contributed by atoms with Gasteiger partial charge in [0.1, 0.15) is 17.5 Å². The van der Waals surface area contributed by atoms with Gasteiger partial charge in [-0.3, -0.25) is 38.8 Å². The van der Waals surface area contributed by atoms with Crippen LogP contribution in [-0.4, -0.2) is 102 Å². The van der Waals surface area contributed by atoms with Gasteiger partial charge in [0.25, 0.3) is 11.5 Å². The lowest BCUT2D eigenvalue weighted by atomic mass is 9.83. The first-order valence-electron chi connectivity index (χ1n) is 23.9. The van der Waals surface area contributed by atoms with Crippen LogP contribution in [0.3, 0.4) is 0 Å². The number of aryl methyl sites for hydroxylation is 1. The molecule has 346 valence electrons. The predicted octanol–water partition coefficient (Wildman–Crippen LogP) is 5.66. The number of benzene rings is 2. The number of likely N-dealkylation sites (tertiary alicyclic amines) is 1. The van der Waals surface area contributed by atoms with Crippen LogP contribution in [0.1, 0.15) is 120 Å². The summed E-state index contributed by atoms with van der Waals surface area (Å²) in [5.41, 5.74) is 5.82. The number of nitrogens with one attached hydrogen (secondary N) is 2. The Hall–Kier alpha value is -6.52. The summed E-state index contributed by atoms with van der Waals surface area (Å²) in [4.78, 5) is 86.8. The smallest absolute Gasteiger partial charge is 0.263 e. The molecule has 0 spiro atoms. The Bertz CT molecular complexity index is 2850. The Labute approximate surface area is 388 Å². The number of Topliss-reactive ketones (excluding diaryl/α,β-unsaturated/α-hetero) is 1. The van der Waals surface area contributed by atoms with Crippen LogP contribution in [-0.2, 0) is 28.3 Å². The van der Waals surface area contributed by atoms with Gasteiger partial charge in [-0.05, 0) is 111 Å². The Morgan fingerprint density at radius 2 is 1.60 bits per heavy atom. The van der Waals surface area contributed by atoms with Gasteiger partial charge >= 0.3 is 0 Å². The van der Waals surface area contributed by atoms with Crippen LogP contribution in [0, 0.1) is 6.92 Å². The van der Waals surface area contributed by atoms with Crippen molar-refractivity contribution >= 4 is 57.7 Å². The second-order valence-electron chi connectivity index (χ2n) is 19.6. The zero-order valence-electron chi connectivity index (χ0n) is 38.0. The van der Waals surface area contributed by atoms with Crippen molar-refractivity contribution in [2.45, 2.75) is 121 Å². The number of anilines is 4. The predicted molar refractivity (Wildman–Crippen MR) is 252 cm³/mol. The molecule has 3 amide bonds. The van der Waals surface area contributed by atoms with Gasteiger partial charge in [0.2, 0.25) is 17.8 Å². The molecule has 5 aromatic rings. The van der Waals surface area contributed by atoms with Crippen molar-refractivity contribution in [3.63, 3.8) is 0 Å². The number of ketones is 1. The largest absolute Gasteiger partial charge is 0.385 e. The molecule has 3 atom stereocenters. The zero-order chi connectivity index (χ0) is 46.1. The van der Waals surface area contributed by atoms with Gasteiger partial charge in [-0.1, -0.05) is 37.1 Å². The summed E-state index contributed by atoms with van der Waals surface area (Å²) < 4.78 is 1.72. The highest BCUT2D eigenvalue weighted by atomic mass is 16.3. The Balaban J connectivity index is 0.696. The van der Waals surface area contributed by atoms with E-state index >= 15 is 0 Å². The summed E-state index contributed by atoms with van der Waals surface area (Å²) in [7, 11) is 0. The SMILES string of the molecule is CC(=O)c1c(C)c2cnc(Nc3ccc(N4CC5CCC(C4)N5c4ccc(CN5CCC(O)(c6ccc7c(c6)CN(C6CCC(=O)NC6=O)C7=O)CC5)cc4)cn3)nc2n(C2CCCC2)c1=O. The number of amides is 3. The van der Waals surface area contributed by atoms with E-state index in [-0.39, 0.29) is 47.7 Å². The second kappa shape index (κ2) is 17.0. The number of hydrogen-bond donors (Lipinski definition) is 3. The number of aromatic nitrogens is 4. The normalized spacial score (nSPS) is 23.0. The first-order valence-corrected chi connectivity index (χ1v) is 23.9. The van der Waals surface area contributed by atoms with E-state index in [1.807, 2.05) is 24.4 Å². The molecular weight excluding hydrogens is 849 g/mol. The molecule has 1 aliphatic carbocycles. The molecule has 4 saturated heterocycles. The zero-order valence-corrected chi connectivity index (χ0v) is 38.0. The highest BCUT2D eigenvalue weighted by molar-refractivity contribution is 6.05. The molecule has 11 rings (SSSR count). The van der Waals surface area contributed by atoms with Crippen molar-refractivity contribution in [2.75, 3.05) is 41.3 Å². The van der Waals surface area contributed by atoms with E-state index in [0.29, 0.717) is 65.3 Å². The highest BCUT2D eigenvalue weighted by Crippen LogP contribution is 2.39. The quantitative estimate of drug-likeness (QED) is 0.115. The fourth-order valence-electron chi connectivity index (χ4n) is 11.9. The fraction of sp³-hybridized carbons (Fsp3) is 0.451. The summed E-state index contributed by atoms with van der Waals surface area (Å²) in [6.45, 7) is 7.60. The maximum Gasteiger partial charge on any atom is 0.263 e. The molecule has 5 fully saturated rings. The molecule has 2 bridgehead atoms. The molecule has 16 nitrogen and oxygen atoms in total. The molecule has 3 aromatic heterocycles. The lowest BCUT2D eigenvalue weighted by molar-refractivity contribution is -0.136. The monoisotopic (exact) mass is 904 g/mol. The summed E-state index contributed by atoms with van der Waals surface area (Å²) in [5.74, 6) is -0.226. The van der Waals surface area contributed by atoms with Crippen molar-refractivity contribution in [3.05, 3.63) is 111 Å². The van der Waals surface area contributed by atoms with E-state index in [1.54, 1.807) is 28.7 Å². The van der Waals surface area contributed by atoms with E-state index in [1.165, 1.54) is 18.2 Å². The van der Waals surface area contributed by atoms with Crippen LogP contribution >= 0.6 is 0 Å². The minimum absolute atomic E-state index is 0.00632. The lowest BCUT2D eigenvalue weighted by Crippen LogP contribution is -2.54. The molecule has 3 N–H and O–H groups in total. The van der Waals surface area contributed by atoms with E-state index in [4.69, 9.17) is 9.97 Å². The van der Waals surface area contributed by atoms with E-state index in [0.717, 1.165) is 88.1 Å². The number of piperidine rings is 2. The summed E-state index contributed by atoms with van der Waals surface area (Å²) in [6.07, 6.45) is 11.4. The van der Waals surface area contributed by atoms with Gasteiger partial charge < -0.3 is 25.1 Å². The van der Waals surface area contributed by atoms with E-state index in [9.17, 15) is 29.1 Å². The molecule has 67 heavy (non-hydrogen) atoms. The van der Waals surface area contributed by atoms with Gasteiger partial charge in [-0.15, -0.1) is 0 Å². The number of rotatable bonds is 10. The van der Waals surface area contributed by atoms with Gasteiger partial charge in [0.15, 0.2) is 5.78 Å². The highest BCUT2D eigenvalue weighted by Gasteiger charge is 2.42. The molecule has 1 saturated carbocycles. The molecule has 16 heteroatoms. The Morgan fingerprint density at radius 3 is 2.28 bits per heavy atom. The summed E-state index contributed by atoms with van der Waals surface area (Å²) in [6, 6.07) is 18.7. The van der Waals surface area contributed by atoms with Crippen molar-refractivity contribution in [3.8, 4) is 0 Å². The number of carbonyl (C=O) groups is 4. The molecular formula is C51H56N10O6. The second-order valence-corrected chi connectivity index (χ2v) is 19.6. The summed E-state index contributed by atoms with van der Waals surface area (Å²) >= 11 is 0. The number of pyridine rings is 2. The summed E-state index contributed by atoms with van der Waals surface area (Å²) in [5, 5.41) is 18.2. The number of fused-ring (bicyclic) bond motifs is 4. The molecule has 6 aliphatic rings. The Kier molecular flexibility index (Phi) is 10.9. The maximum absolute atomic E-state index is 13.7. The topological polar surface area (TPSA) is 186 Å². The molecule has 2 aromatic carbocycles. The standard InChI is InChI=1S/C51H56N10O6/c1-30-41-25-53-50(56-46(41)61(35-5-3-4-6-35)49(66)45(30)31(2)62)54-43-17-14-37(24-52-43)58-28-38-12-13-39(29-58)60(38)36-10-7-32(8-11-36)26-57-21-19-51(67,20-22-57)34-9-15-40-33(23-34)27-59(48(40)65)42-16-18-44(63)55-47(42)64/h7-11,14-15,17,23-25,35,38-39,42,67H,3-6,12-13,16,18-22,26-29H2,1-2H3,(H,55,63,64)(H,52,53,54,56). The number of piperazine rings is 1. The van der Waals surface area contributed by atoms with Crippen LogP contribution in [0.4, 0.5) is 23.1 Å².